The number of hydrogen-bond donors (Lipinski definition) is 1. The molecule has 1 aliphatic heterocycles. The Balaban J connectivity index is 1.67. The van der Waals surface area contributed by atoms with E-state index < -0.39 is 5.97 Å². The maximum atomic E-state index is 10.9. The molecule has 1 atom stereocenters. The Morgan fingerprint density at radius 3 is 2.96 bits per heavy atom. The molecular formula is C15H14Cl2N2O3S. The van der Waals surface area contributed by atoms with Crippen LogP contribution in [0.25, 0.3) is 0 Å². The summed E-state index contributed by atoms with van der Waals surface area (Å²) < 4.78 is 5.82. The predicted octanol–water partition coefficient (Wildman–Crippen LogP) is 3.72. The zero-order valence-corrected chi connectivity index (χ0v) is 14.4. The van der Waals surface area contributed by atoms with Gasteiger partial charge in [-0.1, -0.05) is 29.3 Å². The summed E-state index contributed by atoms with van der Waals surface area (Å²) in [4.78, 5) is 17.2. The maximum Gasteiger partial charge on any atom is 0.355 e. The standard InChI is InChI=1S/C15H14Cl2N2O3S/c16-10-2-1-9(5-11(10)17)13-6-19(3-4-22-13)7-14-18-12(8-23-14)15(20)21/h1-2,5,8,13H,3-4,6-7H2,(H,20,21). The van der Waals surface area contributed by atoms with Gasteiger partial charge in [0.15, 0.2) is 5.69 Å². The van der Waals surface area contributed by atoms with Crippen molar-refractivity contribution in [3.8, 4) is 0 Å². The van der Waals surface area contributed by atoms with E-state index in [-0.39, 0.29) is 11.8 Å². The summed E-state index contributed by atoms with van der Waals surface area (Å²) in [5.41, 5.74) is 1.08. The summed E-state index contributed by atoms with van der Waals surface area (Å²) in [5.74, 6) is -0.997. The van der Waals surface area contributed by atoms with E-state index in [9.17, 15) is 4.79 Å². The smallest absolute Gasteiger partial charge is 0.355 e. The van der Waals surface area contributed by atoms with Gasteiger partial charge in [-0.25, -0.2) is 9.78 Å². The number of aromatic carboxylic acids is 1. The molecule has 0 amide bonds. The molecule has 0 saturated carbocycles. The first-order valence-electron chi connectivity index (χ1n) is 6.99. The van der Waals surface area contributed by atoms with Gasteiger partial charge in [0.2, 0.25) is 0 Å². The molecule has 3 rings (SSSR count). The molecule has 0 bridgehead atoms. The van der Waals surface area contributed by atoms with Crippen LogP contribution in [0, 0.1) is 0 Å². The molecule has 122 valence electrons. The maximum absolute atomic E-state index is 10.9. The van der Waals surface area contributed by atoms with Gasteiger partial charge in [-0.05, 0) is 17.7 Å². The van der Waals surface area contributed by atoms with Gasteiger partial charge in [-0.3, -0.25) is 4.90 Å². The Morgan fingerprint density at radius 2 is 2.26 bits per heavy atom. The molecule has 0 spiro atoms. The normalized spacial score (nSPS) is 19.0. The molecular weight excluding hydrogens is 359 g/mol. The van der Waals surface area contributed by atoms with Crippen molar-refractivity contribution in [1.29, 1.82) is 0 Å². The average Bonchev–Trinajstić information content (AvgIpc) is 2.99. The zero-order valence-electron chi connectivity index (χ0n) is 12.0. The number of morpholine rings is 1. The highest BCUT2D eigenvalue weighted by Crippen LogP contribution is 2.29. The fourth-order valence-corrected chi connectivity index (χ4v) is 3.55. The van der Waals surface area contributed by atoms with Crippen LogP contribution in [0.4, 0.5) is 0 Å². The number of thiazole rings is 1. The lowest BCUT2D eigenvalue weighted by Gasteiger charge is -2.32. The van der Waals surface area contributed by atoms with Crippen LogP contribution in [0.3, 0.4) is 0 Å². The topological polar surface area (TPSA) is 62.7 Å². The molecule has 1 aromatic carbocycles. The summed E-state index contributed by atoms with van der Waals surface area (Å²) >= 11 is 13.4. The number of aromatic nitrogens is 1. The van der Waals surface area contributed by atoms with E-state index in [0.29, 0.717) is 29.7 Å². The number of carboxylic acids is 1. The fourth-order valence-electron chi connectivity index (χ4n) is 2.43. The van der Waals surface area contributed by atoms with Crippen LogP contribution < -0.4 is 0 Å². The van der Waals surface area contributed by atoms with Crippen molar-refractivity contribution in [2.75, 3.05) is 19.7 Å². The molecule has 0 radical (unpaired) electrons. The van der Waals surface area contributed by atoms with E-state index in [1.54, 1.807) is 11.4 Å². The second-order valence-corrected chi connectivity index (χ2v) is 6.96. The summed E-state index contributed by atoms with van der Waals surface area (Å²) in [6.45, 7) is 2.68. The Morgan fingerprint density at radius 1 is 1.43 bits per heavy atom. The molecule has 2 heterocycles. The van der Waals surface area contributed by atoms with Crippen LogP contribution in [-0.2, 0) is 11.3 Å². The number of carbonyl (C=O) groups is 1. The van der Waals surface area contributed by atoms with Gasteiger partial charge in [-0.2, -0.15) is 0 Å². The van der Waals surface area contributed by atoms with E-state index in [2.05, 4.69) is 9.88 Å². The van der Waals surface area contributed by atoms with Crippen LogP contribution in [0.2, 0.25) is 10.0 Å². The molecule has 1 aliphatic rings. The second kappa shape index (κ2) is 7.15. The first-order valence-corrected chi connectivity index (χ1v) is 8.63. The van der Waals surface area contributed by atoms with Crippen molar-refractivity contribution < 1.29 is 14.6 Å². The van der Waals surface area contributed by atoms with Gasteiger partial charge < -0.3 is 9.84 Å². The summed E-state index contributed by atoms with van der Waals surface area (Å²) in [6.07, 6.45) is -0.0857. The van der Waals surface area contributed by atoms with Crippen molar-refractivity contribution in [3.05, 3.63) is 49.9 Å². The molecule has 0 aliphatic carbocycles. The van der Waals surface area contributed by atoms with Crippen molar-refractivity contribution in [2.45, 2.75) is 12.6 Å². The third kappa shape index (κ3) is 4.02. The van der Waals surface area contributed by atoms with Crippen molar-refractivity contribution in [1.82, 2.24) is 9.88 Å². The first-order chi connectivity index (χ1) is 11.0. The highest BCUT2D eigenvalue weighted by molar-refractivity contribution is 7.09. The highest BCUT2D eigenvalue weighted by atomic mass is 35.5. The molecule has 1 unspecified atom stereocenters. The lowest BCUT2D eigenvalue weighted by molar-refractivity contribution is -0.0329. The van der Waals surface area contributed by atoms with Gasteiger partial charge in [0.05, 0.1) is 29.3 Å². The summed E-state index contributed by atoms with van der Waals surface area (Å²) in [5, 5.41) is 12.3. The minimum Gasteiger partial charge on any atom is -0.476 e. The van der Waals surface area contributed by atoms with Crippen molar-refractivity contribution in [2.24, 2.45) is 0 Å². The second-order valence-electron chi connectivity index (χ2n) is 5.20. The Labute approximate surface area is 147 Å². The first kappa shape index (κ1) is 16.7. The van der Waals surface area contributed by atoms with Crippen LogP contribution in [0.1, 0.15) is 27.2 Å². The largest absolute Gasteiger partial charge is 0.476 e. The number of nitrogens with zero attached hydrogens (tertiary/aromatic N) is 2. The predicted molar refractivity (Wildman–Crippen MR) is 89.5 cm³/mol. The molecule has 23 heavy (non-hydrogen) atoms. The van der Waals surface area contributed by atoms with Gasteiger partial charge in [0.1, 0.15) is 5.01 Å². The minimum absolute atomic E-state index is 0.0857. The van der Waals surface area contributed by atoms with Gasteiger partial charge in [0.25, 0.3) is 0 Å². The lowest BCUT2D eigenvalue weighted by atomic mass is 10.1. The Kier molecular flexibility index (Phi) is 5.18. The number of carboxylic acid groups (broad SMARTS) is 1. The molecule has 1 N–H and O–H groups in total. The summed E-state index contributed by atoms with van der Waals surface area (Å²) in [7, 11) is 0. The molecule has 2 aromatic rings. The van der Waals surface area contributed by atoms with E-state index >= 15 is 0 Å². The SMILES string of the molecule is O=C(O)c1csc(CN2CCOC(c3ccc(Cl)c(Cl)c3)C2)n1. The van der Waals surface area contributed by atoms with Crippen LogP contribution in [0.5, 0.6) is 0 Å². The van der Waals surface area contributed by atoms with Crippen molar-refractivity contribution in [3.63, 3.8) is 0 Å². The van der Waals surface area contributed by atoms with Crippen molar-refractivity contribution >= 4 is 40.5 Å². The highest BCUT2D eigenvalue weighted by Gasteiger charge is 2.23. The van der Waals surface area contributed by atoms with Gasteiger partial charge in [-0.15, -0.1) is 11.3 Å². The lowest BCUT2D eigenvalue weighted by Crippen LogP contribution is -2.37. The quantitative estimate of drug-likeness (QED) is 0.885. The van der Waals surface area contributed by atoms with E-state index in [1.165, 1.54) is 11.3 Å². The summed E-state index contributed by atoms with van der Waals surface area (Å²) in [6, 6.07) is 5.50. The minimum atomic E-state index is -0.997. The van der Waals surface area contributed by atoms with Crippen LogP contribution in [0.15, 0.2) is 23.6 Å². The molecule has 1 aromatic heterocycles. The molecule has 5 nitrogen and oxygen atoms in total. The Hall–Kier alpha value is -1.18. The monoisotopic (exact) mass is 372 g/mol. The molecule has 1 saturated heterocycles. The number of ether oxygens (including phenoxy) is 1. The zero-order chi connectivity index (χ0) is 16.4. The molecule has 1 fully saturated rings. The number of rotatable bonds is 4. The van der Waals surface area contributed by atoms with Crippen LogP contribution in [-0.4, -0.2) is 40.7 Å². The average molecular weight is 373 g/mol. The fraction of sp³-hybridized carbons (Fsp3) is 0.333. The van der Waals surface area contributed by atoms with Crippen LogP contribution >= 0.6 is 34.5 Å². The van der Waals surface area contributed by atoms with E-state index in [0.717, 1.165) is 17.1 Å². The van der Waals surface area contributed by atoms with E-state index in [4.69, 9.17) is 33.0 Å². The molecule has 8 heteroatoms. The number of halogens is 2. The third-order valence-corrected chi connectivity index (χ3v) is 5.17. The van der Waals surface area contributed by atoms with Gasteiger partial charge >= 0.3 is 5.97 Å². The third-order valence-electron chi connectivity index (χ3n) is 3.60. The number of hydrogen-bond acceptors (Lipinski definition) is 5. The van der Waals surface area contributed by atoms with Gasteiger partial charge in [0, 0.05) is 18.5 Å². The van der Waals surface area contributed by atoms with E-state index in [1.807, 2.05) is 12.1 Å². The Bertz CT molecular complexity index is 722. The number of benzene rings is 1.